The van der Waals surface area contributed by atoms with E-state index in [1.54, 1.807) is 52.3 Å². The van der Waals surface area contributed by atoms with E-state index in [1.165, 1.54) is 23.9 Å². The SMILES string of the molecule is CCCN(Cc1cnc(-c2ccc(Cl)cc2)nc1)C(=O)Cn1cc(CC)c(=O)nc1SCc1ccc(F)cc1. The van der Waals surface area contributed by atoms with Crippen LogP contribution in [0.2, 0.25) is 5.02 Å². The molecule has 7 nitrogen and oxygen atoms in total. The average molecular weight is 566 g/mol. The molecule has 202 valence electrons. The molecule has 0 atom stereocenters. The predicted octanol–water partition coefficient (Wildman–Crippen LogP) is 5.79. The lowest BCUT2D eigenvalue weighted by molar-refractivity contribution is -0.132. The molecule has 0 spiro atoms. The van der Waals surface area contributed by atoms with Gasteiger partial charge in [-0.1, -0.05) is 49.3 Å². The van der Waals surface area contributed by atoms with E-state index in [-0.39, 0.29) is 23.8 Å². The first kappa shape index (κ1) is 28.4. The third-order valence-electron chi connectivity index (χ3n) is 6.02. The van der Waals surface area contributed by atoms with Crippen molar-refractivity contribution >= 4 is 29.3 Å². The molecule has 0 bridgehead atoms. The van der Waals surface area contributed by atoms with E-state index in [2.05, 4.69) is 15.0 Å². The van der Waals surface area contributed by atoms with E-state index in [1.807, 2.05) is 26.0 Å². The van der Waals surface area contributed by atoms with Crippen LogP contribution in [0.25, 0.3) is 11.4 Å². The highest BCUT2D eigenvalue weighted by Crippen LogP contribution is 2.22. The summed E-state index contributed by atoms with van der Waals surface area (Å²) in [4.78, 5) is 40.9. The van der Waals surface area contributed by atoms with E-state index >= 15 is 0 Å². The Bertz CT molecular complexity index is 1460. The van der Waals surface area contributed by atoms with Crippen LogP contribution in [-0.4, -0.2) is 36.9 Å². The zero-order chi connectivity index (χ0) is 27.8. The lowest BCUT2D eigenvalue weighted by atomic mass is 10.2. The standard InChI is InChI=1S/C29H29ClFN5O2S/c1-3-13-35(16-21-14-32-27(33-15-21)23-7-9-24(30)10-8-23)26(37)18-36-17-22(4-2)28(38)34-29(36)39-19-20-5-11-25(31)12-6-20/h5-12,14-15,17H,3-4,13,16,18-19H2,1-2H3. The highest BCUT2D eigenvalue weighted by atomic mass is 35.5. The second-order valence-electron chi connectivity index (χ2n) is 8.99. The number of aromatic nitrogens is 4. The molecule has 10 heteroatoms. The summed E-state index contributed by atoms with van der Waals surface area (Å²) in [6.45, 7) is 4.85. The summed E-state index contributed by atoms with van der Waals surface area (Å²) in [5.41, 5.74) is 2.80. The molecule has 0 fully saturated rings. The van der Waals surface area contributed by atoms with Gasteiger partial charge >= 0.3 is 0 Å². The molecule has 0 saturated carbocycles. The fourth-order valence-electron chi connectivity index (χ4n) is 3.93. The minimum atomic E-state index is -0.308. The largest absolute Gasteiger partial charge is 0.337 e. The zero-order valence-electron chi connectivity index (χ0n) is 21.8. The van der Waals surface area contributed by atoms with Crippen LogP contribution in [0.1, 0.15) is 37.0 Å². The van der Waals surface area contributed by atoms with Gasteiger partial charge in [0.15, 0.2) is 11.0 Å². The van der Waals surface area contributed by atoms with Crippen molar-refractivity contribution in [2.24, 2.45) is 0 Å². The summed E-state index contributed by atoms with van der Waals surface area (Å²) in [6, 6.07) is 13.5. The lowest BCUT2D eigenvalue weighted by Crippen LogP contribution is -2.35. The Morgan fingerprint density at radius 3 is 2.36 bits per heavy atom. The molecule has 2 aromatic heterocycles. The normalized spacial score (nSPS) is 11.0. The predicted molar refractivity (Wildman–Crippen MR) is 152 cm³/mol. The topological polar surface area (TPSA) is 81.0 Å². The molecule has 2 heterocycles. The monoisotopic (exact) mass is 565 g/mol. The van der Waals surface area contributed by atoms with E-state index in [0.717, 1.165) is 23.1 Å². The molecule has 39 heavy (non-hydrogen) atoms. The van der Waals surface area contributed by atoms with Gasteiger partial charge in [-0.25, -0.2) is 14.4 Å². The second kappa shape index (κ2) is 13.5. The van der Waals surface area contributed by atoms with Crippen LogP contribution in [0.5, 0.6) is 0 Å². The Labute approximate surface area is 236 Å². The number of nitrogens with zero attached hydrogens (tertiary/aromatic N) is 5. The Hall–Kier alpha value is -3.56. The Morgan fingerprint density at radius 2 is 1.72 bits per heavy atom. The molecule has 2 aromatic carbocycles. The molecular formula is C29H29ClFN5O2S. The average Bonchev–Trinajstić information content (AvgIpc) is 2.94. The number of hydrogen-bond acceptors (Lipinski definition) is 6. The third kappa shape index (κ3) is 7.74. The van der Waals surface area contributed by atoms with Gasteiger partial charge in [0.2, 0.25) is 5.91 Å². The minimum Gasteiger partial charge on any atom is -0.337 e. The summed E-state index contributed by atoms with van der Waals surface area (Å²) in [5.74, 6) is 0.660. The van der Waals surface area contributed by atoms with Crippen LogP contribution in [0.15, 0.2) is 77.1 Å². The van der Waals surface area contributed by atoms with Gasteiger partial charge in [0.25, 0.3) is 5.56 Å². The fourth-order valence-corrected chi connectivity index (χ4v) is 4.98. The quantitative estimate of drug-likeness (QED) is 0.169. The van der Waals surface area contributed by atoms with Gasteiger partial charge in [-0.15, -0.1) is 0 Å². The molecular weight excluding hydrogens is 537 g/mol. The Morgan fingerprint density at radius 1 is 1.03 bits per heavy atom. The number of thioether (sulfide) groups is 1. The number of carbonyl (C=O) groups excluding carboxylic acids is 1. The van der Waals surface area contributed by atoms with Gasteiger partial charge in [-0.2, -0.15) is 4.98 Å². The number of halogens is 2. The number of rotatable bonds is 11. The summed E-state index contributed by atoms with van der Waals surface area (Å²) in [5, 5.41) is 1.09. The van der Waals surface area contributed by atoms with Crippen molar-refractivity contribution in [3.8, 4) is 11.4 Å². The number of aryl methyl sites for hydroxylation is 1. The maximum atomic E-state index is 13.5. The smallest absolute Gasteiger partial charge is 0.276 e. The Balaban J connectivity index is 1.50. The molecule has 0 aliphatic heterocycles. The molecule has 0 aliphatic carbocycles. The second-order valence-corrected chi connectivity index (χ2v) is 10.4. The van der Waals surface area contributed by atoms with Gasteiger partial charge in [0, 0.05) is 59.1 Å². The maximum absolute atomic E-state index is 13.5. The molecule has 0 unspecified atom stereocenters. The van der Waals surface area contributed by atoms with E-state index in [0.29, 0.717) is 46.8 Å². The molecule has 0 N–H and O–H groups in total. The fraction of sp³-hybridized carbons (Fsp3) is 0.276. The highest BCUT2D eigenvalue weighted by Gasteiger charge is 2.18. The first-order valence-corrected chi connectivity index (χ1v) is 14.0. The summed E-state index contributed by atoms with van der Waals surface area (Å²) in [7, 11) is 0. The molecule has 0 aliphatic rings. The van der Waals surface area contributed by atoms with Crippen LogP contribution in [0.4, 0.5) is 4.39 Å². The Kier molecular flexibility index (Phi) is 9.84. The number of carbonyl (C=O) groups is 1. The van der Waals surface area contributed by atoms with Crippen LogP contribution >= 0.6 is 23.4 Å². The van der Waals surface area contributed by atoms with Crippen LogP contribution < -0.4 is 5.56 Å². The highest BCUT2D eigenvalue weighted by molar-refractivity contribution is 7.98. The summed E-state index contributed by atoms with van der Waals surface area (Å²) < 4.78 is 15.0. The van der Waals surface area contributed by atoms with Crippen LogP contribution in [-0.2, 0) is 30.1 Å². The van der Waals surface area contributed by atoms with E-state index in [4.69, 9.17) is 11.6 Å². The van der Waals surface area contributed by atoms with Crippen molar-refractivity contribution < 1.29 is 9.18 Å². The molecule has 4 aromatic rings. The van der Waals surface area contributed by atoms with Crippen molar-refractivity contribution in [3.05, 3.63) is 105 Å². The van der Waals surface area contributed by atoms with Crippen molar-refractivity contribution in [3.63, 3.8) is 0 Å². The molecule has 0 radical (unpaired) electrons. The third-order valence-corrected chi connectivity index (χ3v) is 7.34. The van der Waals surface area contributed by atoms with Crippen molar-refractivity contribution in [1.82, 2.24) is 24.4 Å². The first-order valence-electron chi connectivity index (χ1n) is 12.7. The molecule has 0 saturated heterocycles. The van der Waals surface area contributed by atoms with Crippen LogP contribution in [0.3, 0.4) is 0 Å². The van der Waals surface area contributed by atoms with E-state index < -0.39 is 0 Å². The van der Waals surface area contributed by atoms with E-state index in [9.17, 15) is 14.0 Å². The lowest BCUT2D eigenvalue weighted by Gasteiger charge is -2.23. The number of amides is 1. The number of hydrogen-bond donors (Lipinski definition) is 0. The van der Waals surface area contributed by atoms with Crippen molar-refractivity contribution in [1.29, 1.82) is 0 Å². The molecule has 1 amide bonds. The van der Waals surface area contributed by atoms with Crippen LogP contribution in [0, 0.1) is 5.82 Å². The van der Waals surface area contributed by atoms with Crippen molar-refractivity contribution in [2.75, 3.05) is 6.54 Å². The van der Waals surface area contributed by atoms with Gasteiger partial charge in [-0.05, 0) is 54.8 Å². The van der Waals surface area contributed by atoms with Gasteiger partial charge in [0.1, 0.15) is 12.4 Å². The number of benzene rings is 2. The summed E-state index contributed by atoms with van der Waals surface area (Å²) >= 11 is 7.31. The maximum Gasteiger partial charge on any atom is 0.276 e. The minimum absolute atomic E-state index is 0.0374. The zero-order valence-corrected chi connectivity index (χ0v) is 23.4. The van der Waals surface area contributed by atoms with Gasteiger partial charge < -0.3 is 9.47 Å². The summed E-state index contributed by atoms with van der Waals surface area (Å²) in [6.07, 6.45) is 6.47. The molecule has 4 rings (SSSR count). The van der Waals surface area contributed by atoms with Gasteiger partial charge in [-0.3, -0.25) is 9.59 Å². The van der Waals surface area contributed by atoms with Crippen molar-refractivity contribution in [2.45, 2.75) is 50.7 Å². The first-order chi connectivity index (χ1) is 18.9. The van der Waals surface area contributed by atoms with Gasteiger partial charge in [0.05, 0.1) is 0 Å².